The molecule has 0 amide bonds. The topological polar surface area (TPSA) is 41.1 Å². The summed E-state index contributed by atoms with van der Waals surface area (Å²) in [6.07, 6.45) is 1.31. The molecule has 3 atom stereocenters. The van der Waals surface area contributed by atoms with Crippen molar-refractivity contribution < 1.29 is 0 Å². The van der Waals surface area contributed by atoms with Crippen LogP contribution >= 0.6 is 0 Å². The van der Waals surface area contributed by atoms with E-state index >= 15 is 0 Å². The Bertz CT molecular complexity index is 472. The third-order valence-electron chi connectivity index (χ3n) is 4.45. The first-order chi connectivity index (χ1) is 9.43. The Morgan fingerprint density at radius 2 is 1.90 bits per heavy atom. The van der Waals surface area contributed by atoms with E-state index < -0.39 is 0 Å². The summed E-state index contributed by atoms with van der Waals surface area (Å²) >= 11 is 0. The van der Waals surface area contributed by atoms with Gasteiger partial charge in [-0.15, -0.1) is 0 Å². The fraction of sp³-hybridized carbons (Fsp3) is 0.750. The lowest BCUT2D eigenvalue weighted by atomic mass is 9.86. The molecule has 1 aliphatic heterocycles. The summed E-state index contributed by atoms with van der Waals surface area (Å²) in [5.41, 5.74) is 1.17. The van der Waals surface area contributed by atoms with Gasteiger partial charge in [0.25, 0.3) is 0 Å². The maximum atomic E-state index is 4.73. The lowest BCUT2D eigenvalue weighted by molar-refractivity contribution is 0.295. The van der Waals surface area contributed by atoms with E-state index in [1.165, 1.54) is 12.0 Å². The van der Waals surface area contributed by atoms with Crippen LogP contribution in [0.2, 0.25) is 0 Å². The average molecular weight is 276 g/mol. The normalized spacial score (nSPS) is 26.7. The second kappa shape index (κ2) is 5.98. The summed E-state index contributed by atoms with van der Waals surface area (Å²) < 4.78 is 0. The van der Waals surface area contributed by atoms with Gasteiger partial charge in [-0.2, -0.15) is 0 Å². The molecule has 4 nitrogen and oxygen atoms in total. The summed E-state index contributed by atoms with van der Waals surface area (Å²) in [5, 5.41) is 3.36. The second-order valence-corrected chi connectivity index (χ2v) is 6.31. The fourth-order valence-corrected chi connectivity index (χ4v) is 3.23. The molecule has 2 heterocycles. The van der Waals surface area contributed by atoms with Crippen molar-refractivity contribution in [3.63, 3.8) is 0 Å². The zero-order valence-corrected chi connectivity index (χ0v) is 13.7. The SMILES string of the molecule is CCNc1nc(C)nc(N2CC(C)CC(C)C2C)c1C. The maximum absolute atomic E-state index is 4.73. The van der Waals surface area contributed by atoms with Crippen molar-refractivity contribution in [2.75, 3.05) is 23.3 Å². The largest absolute Gasteiger partial charge is 0.370 e. The summed E-state index contributed by atoms with van der Waals surface area (Å²) in [6.45, 7) is 15.2. The average Bonchev–Trinajstić information content (AvgIpc) is 2.38. The number of hydrogen-bond donors (Lipinski definition) is 1. The quantitative estimate of drug-likeness (QED) is 0.918. The molecule has 4 heteroatoms. The Morgan fingerprint density at radius 1 is 1.20 bits per heavy atom. The van der Waals surface area contributed by atoms with Gasteiger partial charge in [-0.3, -0.25) is 0 Å². The first kappa shape index (κ1) is 15.1. The van der Waals surface area contributed by atoms with Crippen LogP contribution in [0.3, 0.4) is 0 Å². The molecule has 0 aromatic carbocycles. The van der Waals surface area contributed by atoms with Crippen molar-refractivity contribution in [1.29, 1.82) is 0 Å². The van der Waals surface area contributed by atoms with Gasteiger partial charge in [0, 0.05) is 24.7 Å². The molecule has 0 radical (unpaired) electrons. The third-order valence-corrected chi connectivity index (χ3v) is 4.45. The number of piperidine rings is 1. The van der Waals surface area contributed by atoms with Crippen molar-refractivity contribution in [2.45, 2.75) is 54.0 Å². The number of aromatic nitrogens is 2. The molecule has 1 aliphatic rings. The molecule has 1 N–H and O–H groups in total. The molecule has 1 aromatic rings. The highest BCUT2D eigenvalue weighted by molar-refractivity contribution is 5.59. The van der Waals surface area contributed by atoms with Gasteiger partial charge in [0.05, 0.1) is 0 Å². The zero-order valence-electron chi connectivity index (χ0n) is 13.7. The fourth-order valence-electron chi connectivity index (χ4n) is 3.23. The van der Waals surface area contributed by atoms with E-state index in [2.05, 4.69) is 49.8 Å². The van der Waals surface area contributed by atoms with E-state index in [0.29, 0.717) is 12.0 Å². The first-order valence-electron chi connectivity index (χ1n) is 7.79. The number of aryl methyl sites for hydroxylation is 1. The molecule has 1 fully saturated rings. The van der Waals surface area contributed by atoms with Crippen LogP contribution in [0.15, 0.2) is 0 Å². The van der Waals surface area contributed by atoms with E-state index in [1.54, 1.807) is 0 Å². The lowest BCUT2D eigenvalue weighted by Crippen LogP contribution is -2.46. The Balaban J connectivity index is 2.40. The van der Waals surface area contributed by atoms with Gasteiger partial charge in [0.15, 0.2) is 0 Å². The molecular formula is C16H28N4. The summed E-state index contributed by atoms with van der Waals surface area (Å²) in [6, 6.07) is 0.536. The van der Waals surface area contributed by atoms with Crippen molar-refractivity contribution in [3.05, 3.63) is 11.4 Å². The highest BCUT2D eigenvalue weighted by atomic mass is 15.2. The van der Waals surface area contributed by atoms with Gasteiger partial charge < -0.3 is 10.2 Å². The lowest BCUT2D eigenvalue weighted by Gasteiger charge is -2.42. The van der Waals surface area contributed by atoms with Crippen LogP contribution in [0.4, 0.5) is 11.6 Å². The molecule has 0 saturated carbocycles. The minimum absolute atomic E-state index is 0.536. The first-order valence-corrected chi connectivity index (χ1v) is 7.79. The molecule has 1 saturated heterocycles. The molecule has 0 spiro atoms. The van der Waals surface area contributed by atoms with Crippen LogP contribution < -0.4 is 10.2 Å². The molecule has 20 heavy (non-hydrogen) atoms. The van der Waals surface area contributed by atoms with Crippen LogP contribution in [0.5, 0.6) is 0 Å². The van der Waals surface area contributed by atoms with Gasteiger partial charge >= 0.3 is 0 Å². The number of rotatable bonds is 3. The van der Waals surface area contributed by atoms with Crippen LogP contribution in [0.1, 0.15) is 45.5 Å². The third kappa shape index (κ3) is 2.89. The van der Waals surface area contributed by atoms with E-state index in [1.807, 2.05) is 6.92 Å². The van der Waals surface area contributed by atoms with E-state index in [0.717, 1.165) is 36.5 Å². The Hall–Kier alpha value is -1.32. The Labute approximate surface area is 123 Å². The summed E-state index contributed by atoms with van der Waals surface area (Å²) in [7, 11) is 0. The molecule has 2 rings (SSSR count). The molecule has 3 unspecified atom stereocenters. The maximum Gasteiger partial charge on any atom is 0.137 e. The van der Waals surface area contributed by atoms with Gasteiger partial charge in [0.1, 0.15) is 17.5 Å². The van der Waals surface area contributed by atoms with E-state index in [-0.39, 0.29) is 0 Å². The zero-order chi connectivity index (χ0) is 14.9. The minimum Gasteiger partial charge on any atom is -0.370 e. The standard InChI is InChI=1S/C16H28N4/c1-7-17-15-12(4)16(19-14(6)18-15)20-9-10(2)8-11(3)13(20)5/h10-11,13H,7-9H2,1-6H3,(H,17,18,19). The van der Waals surface area contributed by atoms with E-state index in [9.17, 15) is 0 Å². The van der Waals surface area contributed by atoms with Crippen LogP contribution in [0.25, 0.3) is 0 Å². The Kier molecular flexibility index (Phi) is 4.51. The van der Waals surface area contributed by atoms with Crippen molar-refractivity contribution in [2.24, 2.45) is 11.8 Å². The predicted molar refractivity (Wildman–Crippen MR) is 85.4 cm³/mol. The number of anilines is 2. The molecule has 112 valence electrons. The van der Waals surface area contributed by atoms with E-state index in [4.69, 9.17) is 4.98 Å². The smallest absolute Gasteiger partial charge is 0.137 e. The van der Waals surface area contributed by atoms with Crippen molar-refractivity contribution in [1.82, 2.24) is 9.97 Å². The number of hydrogen-bond acceptors (Lipinski definition) is 4. The van der Waals surface area contributed by atoms with Crippen LogP contribution in [0, 0.1) is 25.7 Å². The van der Waals surface area contributed by atoms with Crippen LogP contribution in [-0.4, -0.2) is 29.1 Å². The Morgan fingerprint density at radius 3 is 2.55 bits per heavy atom. The monoisotopic (exact) mass is 276 g/mol. The molecule has 0 bridgehead atoms. The molecule has 1 aromatic heterocycles. The highest BCUT2D eigenvalue weighted by Gasteiger charge is 2.31. The van der Waals surface area contributed by atoms with Crippen molar-refractivity contribution >= 4 is 11.6 Å². The summed E-state index contributed by atoms with van der Waals surface area (Å²) in [4.78, 5) is 11.7. The highest BCUT2D eigenvalue weighted by Crippen LogP contribution is 2.33. The van der Waals surface area contributed by atoms with Gasteiger partial charge in [-0.05, 0) is 46.0 Å². The van der Waals surface area contributed by atoms with Crippen LogP contribution in [-0.2, 0) is 0 Å². The second-order valence-electron chi connectivity index (χ2n) is 6.31. The van der Waals surface area contributed by atoms with Gasteiger partial charge in [-0.1, -0.05) is 13.8 Å². The number of nitrogens with one attached hydrogen (secondary N) is 1. The summed E-state index contributed by atoms with van der Waals surface area (Å²) in [5.74, 6) is 4.36. The van der Waals surface area contributed by atoms with Crippen molar-refractivity contribution in [3.8, 4) is 0 Å². The number of nitrogens with zero attached hydrogens (tertiary/aromatic N) is 3. The van der Waals surface area contributed by atoms with Gasteiger partial charge in [0.2, 0.25) is 0 Å². The minimum atomic E-state index is 0.536. The predicted octanol–water partition coefficient (Wildman–Crippen LogP) is 3.40. The molecule has 0 aliphatic carbocycles. The van der Waals surface area contributed by atoms with Gasteiger partial charge in [-0.25, -0.2) is 9.97 Å². The molecular weight excluding hydrogens is 248 g/mol.